The summed E-state index contributed by atoms with van der Waals surface area (Å²) in [5.74, 6) is -4.58. The van der Waals surface area contributed by atoms with Crippen molar-refractivity contribution in [2.24, 2.45) is 5.92 Å². The Bertz CT molecular complexity index is 1380. The summed E-state index contributed by atoms with van der Waals surface area (Å²) in [4.78, 5) is 0. The number of alkyl halides is 6. The molecule has 34 heavy (non-hydrogen) atoms. The summed E-state index contributed by atoms with van der Waals surface area (Å²) in [6, 6.07) is 12.3. The summed E-state index contributed by atoms with van der Waals surface area (Å²) in [6.45, 7) is 0. The summed E-state index contributed by atoms with van der Waals surface area (Å²) in [7, 11) is 0. The van der Waals surface area contributed by atoms with E-state index in [0.717, 1.165) is 36.4 Å². The Morgan fingerprint density at radius 3 is 1.76 bits per heavy atom. The Labute approximate surface area is 189 Å². The molecular weight excluding hydrogens is 458 g/mol. The molecule has 0 saturated heterocycles. The van der Waals surface area contributed by atoms with Crippen molar-refractivity contribution in [1.82, 2.24) is 0 Å². The average molecular weight is 468 g/mol. The Hall–Kier alpha value is -4.28. The first-order chi connectivity index (χ1) is 16.0. The number of fused-ring (bicyclic) bond motifs is 5. The van der Waals surface area contributed by atoms with Gasteiger partial charge in [0.05, 0.1) is 23.3 Å². The fourth-order valence-corrected chi connectivity index (χ4v) is 5.07. The van der Waals surface area contributed by atoms with E-state index in [0.29, 0.717) is 0 Å². The SMILES string of the molecule is N#CC(C#N)=C1c2ccc(C(F)(F)F)cc2C2C1c1cc(C(F)(F)F)ccc1C2C(C#N)C#N. The summed E-state index contributed by atoms with van der Waals surface area (Å²) < 4.78 is 80.9. The van der Waals surface area contributed by atoms with Crippen LogP contribution in [-0.4, -0.2) is 0 Å². The highest BCUT2D eigenvalue weighted by Crippen LogP contribution is 2.65. The zero-order valence-electron chi connectivity index (χ0n) is 16.8. The van der Waals surface area contributed by atoms with Gasteiger partial charge in [0.25, 0.3) is 0 Å². The highest BCUT2D eigenvalue weighted by molar-refractivity contribution is 5.88. The minimum absolute atomic E-state index is 0.00331. The number of rotatable bonds is 1. The first-order valence-electron chi connectivity index (χ1n) is 9.74. The number of nitriles is 4. The molecule has 0 heterocycles. The van der Waals surface area contributed by atoms with Gasteiger partial charge in [-0.15, -0.1) is 0 Å². The van der Waals surface area contributed by atoms with Crippen LogP contribution in [0.5, 0.6) is 0 Å². The molecule has 0 amide bonds. The molecule has 10 heteroatoms. The number of halogens is 6. The van der Waals surface area contributed by atoms with E-state index in [1.54, 1.807) is 24.3 Å². The number of hydrogen-bond donors (Lipinski definition) is 0. The third kappa shape index (κ3) is 3.28. The van der Waals surface area contributed by atoms with E-state index in [4.69, 9.17) is 0 Å². The minimum atomic E-state index is -4.74. The molecule has 0 N–H and O–H groups in total. The summed E-state index contributed by atoms with van der Waals surface area (Å²) in [6.07, 6.45) is -9.48. The lowest BCUT2D eigenvalue weighted by molar-refractivity contribution is -0.138. The maximum atomic E-state index is 13.5. The monoisotopic (exact) mass is 468 g/mol. The Balaban J connectivity index is 2.11. The first kappa shape index (κ1) is 22.9. The minimum Gasteiger partial charge on any atom is -0.197 e. The fourth-order valence-electron chi connectivity index (χ4n) is 5.07. The maximum absolute atomic E-state index is 13.5. The van der Waals surface area contributed by atoms with Crippen molar-refractivity contribution in [3.8, 4) is 24.3 Å². The van der Waals surface area contributed by atoms with Crippen LogP contribution in [0.2, 0.25) is 0 Å². The summed E-state index contributed by atoms with van der Waals surface area (Å²) >= 11 is 0. The molecule has 0 radical (unpaired) electrons. The van der Waals surface area contributed by atoms with Crippen molar-refractivity contribution in [3.63, 3.8) is 0 Å². The van der Waals surface area contributed by atoms with Gasteiger partial charge in [-0.2, -0.15) is 47.4 Å². The second-order valence-corrected chi connectivity index (χ2v) is 7.92. The van der Waals surface area contributed by atoms with Crippen LogP contribution in [0.3, 0.4) is 0 Å². The number of allylic oxidation sites excluding steroid dienone is 2. The van der Waals surface area contributed by atoms with Crippen molar-refractivity contribution < 1.29 is 26.3 Å². The third-order valence-electron chi connectivity index (χ3n) is 6.32. The second-order valence-electron chi connectivity index (χ2n) is 7.92. The molecule has 4 nitrogen and oxygen atoms in total. The normalized spacial score (nSPS) is 20.4. The molecule has 3 unspecified atom stereocenters. The molecule has 0 aliphatic heterocycles. The van der Waals surface area contributed by atoms with Crippen LogP contribution < -0.4 is 0 Å². The molecular formula is C24H10F6N4. The van der Waals surface area contributed by atoms with E-state index >= 15 is 0 Å². The third-order valence-corrected chi connectivity index (χ3v) is 6.32. The molecule has 2 aliphatic rings. The first-order valence-corrected chi connectivity index (χ1v) is 9.74. The molecule has 2 aromatic rings. The van der Waals surface area contributed by atoms with E-state index in [9.17, 15) is 47.4 Å². The lowest BCUT2D eigenvalue weighted by Gasteiger charge is -2.22. The molecule has 0 bridgehead atoms. The molecule has 2 aromatic carbocycles. The standard InChI is InChI=1S/C24H10F6N4/c25-23(26,27)13-1-3-15-17(5-13)21-20(12(9-33)10-34)16-4-2-14(24(28,29)30)6-18(16)22(21)19(15)11(7-31)8-32/h1-6,11,19,21-22H. The zero-order chi connectivity index (χ0) is 25.0. The number of nitrogens with zero attached hydrogens (tertiary/aromatic N) is 4. The predicted molar refractivity (Wildman–Crippen MR) is 104 cm³/mol. The van der Waals surface area contributed by atoms with Gasteiger partial charge in [0.1, 0.15) is 23.6 Å². The Morgan fingerprint density at radius 1 is 0.735 bits per heavy atom. The zero-order valence-corrected chi connectivity index (χ0v) is 16.8. The molecule has 0 aromatic heterocycles. The Morgan fingerprint density at radius 2 is 1.26 bits per heavy atom. The summed E-state index contributed by atoms with van der Waals surface area (Å²) in [5.41, 5.74) is -2.14. The van der Waals surface area contributed by atoms with E-state index in [2.05, 4.69) is 0 Å². The van der Waals surface area contributed by atoms with Crippen molar-refractivity contribution in [3.05, 3.63) is 75.4 Å². The van der Waals surface area contributed by atoms with Crippen LogP contribution in [0.25, 0.3) is 5.57 Å². The highest BCUT2D eigenvalue weighted by atomic mass is 19.4. The van der Waals surface area contributed by atoms with Gasteiger partial charge in [0.2, 0.25) is 0 Å². The molecule has 0 saturated carbocycles. The molecule has 168 valence electrons. The van der Waals surface area contributed by atoms with E-state index < -0.39 is 52.7 Å². The van der Waals surface area contributed by atoms with Gasteiger partial charge < -0.3 is 0 Å². The van der Waals surface area contributed by atoms with Gasteiger partial charge >= 0.3 is 12.4 Å². The maximum Gasteiger partial charge on any atom is 0.416 e. The topological polar surface area (TPSA) is 95.2 Å². The summed E-state index contributed by atoms with van der Waals surface area (Å²) in [5, 5.41) is 38.2. The second kappa shape index (κ2) is 7.65. The van der Waals surface area contributed by atoms with Gasteiger partial charge in [0.15, 0.2) is 0 Å². The van der Waals surface area contributed by atoms with Gasteiger partial charge in [-0.25, -0.2) is 0 Å². The van der Waals surface area contributed by atoms with Crippen LogP contribution in [0, 0.1) is 51.2 Å². The molecule has 4 rings (SSSR count). The molecule has 3 atom stereocenters. The molecule has 2 aliphatic carbocycles. The van der Waals surface area contributed by atoms with Crippen LogP contribution in [-0.2, 0) is 12.4 Å². The van der Waals surface area contributed by atoms with Crippen molar-refractivity contribution in [1.29, 1.82) is 21.0 Å². The van der Waals surface area contributed by atoms with Gasteiger partial charge in [-0.1, -0.05) is 12.1 Å². The fraction of sp³-hybridized carbons (Fsp3) is 0.250. The molecule has 0 spiro atoms. The van der Waals surface area contributed by atoms with Crippen LogP contribution >= 0.6 is 0 Å². The van der Waals surface area contributed by atoms with Crippen LogP contribution in [0.15, 0.2) is 42.0 Å². The lowest BCUT2D eigenvalue weighted by atomic mass is 9.78. The Kier molecular flexibility index (Phi) is 5.15. The molecule has 0 fully saturated rings. The predicted octanol–water partition coefficient (Wildman–Crippen LogP) is 6.17. The average Bonchev–Trinajstić information content (AvgIpc) is 3.27. The van der Waals surface area contributed by atoms with E-state index in [-0.39, 0.29) is 27.8 Å². The lowest BCUT2D eigenvalue weighted by Crippen LogP contribution is -2.15. The number of benzene rings is 2. The van der Waals surface area contributed by atoms with Crippen molar-refractivity contribution in [2.75, 3.05) is 0 Å². The quantitative estimate of drug-likeness (QED) is 0.370. The van der Waals surface area contributed by atoms with Gasteiger partial charge in [-0.05, 0) is 52.1 Å². The van der Waals surface area contributed by atoms with E-state index in [1.165, 1.54) is 0 Å². The highest BCUT2D eigenvalue weighted by Gasteiger charge is 2.53. The van der Waals surface area contributed by atoms with Gasteiger partial charge in [0, 0.05) is 17.8 Å². The van der Waals surface area contributed by atoms with E-state index in [1.807, 2.05) is 0 Å². The van der Waals surface area contributed by atoms with Crippen molar-refractivity contribution in [2.45, 2.75) is 30.1 Å². The number of hydrogen-bond acceptors (Lipinski definition) is 4. The van der Waals surface area contributed by atoms with Crippen LogP contribution in [0.4, 0.5) is 26.3 Å². The smallest absolute Gasteiger partial charge is 0.197 e. The van der Waals surface area contributed by atoms with Crippen molar-refractivity contribution >= 4 is 5.57 Å². The largest absolute Gasteiger partial charge is 0.416 e. The van der Waals surface area contributed by atoms with Gasteiger partial charge in [-0.3, -0.25) is 0 Å². The van der Waals surface area contributed by atoms with Crippen LogP contribution in [0.1, 0.15) is 51.1 Å².